The van der Waals surface area contributed by atoms with Crippen molar-refractivity contribution in [2.24, 2.45) is 0 Å². The third kappa shape index (κ3) is 5.35. The summed E-state index contributed by atoms with van der Waals surface area (Å²) < 4.78 is 2.54. The van der Waals surface area contributed by atoms with Gasteiger partial charge in [-0.15, -0.1) is 0 Å². The van der Waals surface area contributed by atoms with Crippen molar-refractivity contribution in [2.45, 2.75) is 37.8 Å². The molecule has 0 radical (unpaired) electrons. The van der Waals surface area contributed by atoms with Gasteiger partial charge in [0.05, 0.1) is 29.5 Å². The summed E-state index contributed by atoms with van der Waals surface area (Å²) in [7, 11) is 0. The van der Waals surface area contributed by atoms with Crippen molar-refractivity contribution >= 4 is 43.4 Å². The van der Waals surface area contributed by atoms with E-state index in [0.29, 0.717) is 0 Å². The molecule has 0 spiro atoms. The number of benzene rings is 9. The molecule has 60 heavy (non-hydrogen) atoms. The van der Waals surface area contributed by atoms with Gasteiger partial charge in [-0.05, 0) is 95.9 Å². The largest absolute Gasteiger partial charge is 0.309 e. The van der Waals surface area contributed by atoms with Crippen LogP contribution in [0.3, 0.4) is 0 Å². The molecule has 9 aromatic carbocycles. The lowest BCUT2D eigenvalue weighted by molar-refractivity contribution is 0.203. The zero-order chi connectivity index (χ0) is 40.0. The molecule has 4 heteroatoms. The van der Waals surface area contributed by atoms with Crippen LogP contribution >= 0.6 is 0 Å². The molecule has 1 aliphatic heterocycles. The standard InChI is InChI=1S/C56H44N4/c1-56(2)50-45-29-12-10-26-42(45)41-25-9-11-28-44(41)49(50)47-32-31-46-43-27-13-14-30-48(43)60(52(46)51(47)56)40-24-16-22-38(34-40)37-21-15-23-39(33-37)55-58-53(35-17-5-3-6-18-35)57-54(59-55)36-19-7-4-8-20-36/h3-34,53-55,57-59H,1-2H3. The molecule has 0 bridgehead atoms. The Morgan fingerprint density at radius 2 is 0.917 bits per heavy atom. The Morgan fingerprint density at radius 1 is 0.400 bits per heavy atom. The minimum absolute atomic E-state index is 0.0296. The first-order valence-electron chi connectivity index (χ1n) is 21.1. The normalized spacial score (nSPS) is 18.3. The van der Waals surface area contributed by atoms with E-state index in [0.717, 1.165) is 5.69 Å². The number of rotatable bonds is 5. The Labute approximate surface area is 350 Å². The first kappa shape index (κ1) is 35.2. The highest BCUT2D eigenvalue weighted by Crippen LogP contribution is 2.57. The second-order valence-corrected chi connectivity index (χ2v) is 17.0. The molecule has 2 unspecified atom stereocenters. The second kappa shape index (κ2) is 13.6. The zero-order valence-corrected chi connectivity index (χ0v) is 33.7. The smallest absolute Gasteiger partial charge is 0.0864 e. The highest BCUT2D eigenvalue weighted by Gasteiger charge is 2.41. The Kier molecular flexibility index (Phi) is 7.98. The van der Waals surface area contributed by atoms with Gasteiger partial charge in [0.15, 0.2) is 0 Å². The van der Waals surface area contributed by atoms with Crippen LogP contribution < -0.4 is 16.0 Å². The maximum Gasteiger partial charge on any atom is 0.0864 e. The molecule has 3 N–H and O–H groups in total. The summed E-state index contributed by atoms with van der Waals surface area (Å²) in [5.74, 6) is 0. The van der Waals surface area contributed by atoms with Gasteiger partial charge >= 0.3 is 0 Å². The van der Waals surface area contributed by atoms with Crippen molar-refractivity contribution in [3.63, 3.8) is 0 Å². The fourth-order valence-corrected chi connectivity index (χ4v) is 10.6. The third-order valence-corrected chi connectivity index (χ3v) is 13.2. The van der Waals surface area contributed by atoms with E-state index < -0.39 is 0 Å². The third-order valence-electron chi connectivity index (χ3n) is 13.2. The Balaban J connectivity index is 1.01. The van der Waals surface area contributed by atoms with Crippen LogP contribution in [-0.4, -0.2) is 4.57 Å². The average Bonchev–Trinajstić information content (AvgIpc) is 3.78. The van der Waals surface area contributed by atoms with E-state index in [4.69, 9.17) is 0 Å². The van der Waals surface area contributed by atoms with Crippen molar-refractivity contribution in [3.8, 4) is 27.9 Å². The number of fused-ring (bicyclic) bond motifs is 12. The van der Waals surface area contributed by atoms with Gasteiger partial charge in [0.2, 0.25) is 0 Å². The van der Waals surface area contributed by atoms with Gasteiger partial charge in [-0.25, -0.2) is 0 Å². The van der Waals surface area contributed by atoms with Crippen LogP contribution in [0.5, 0.6) is 0 Å². The van der Waals surface area contributed by atoms with Gasteiger partial charge in [-0.3, -0.25) is 16.0 Å². The van der Waals surface area contributed by atoms with Crippen LogP contribution in [-0.2, 0) is 5.41 Å². The van der Waals surface area contributed by atoms with Crippen molar-refractivity contribution in [3.05, 3.63) is 222 Å². The summed E-state index contributed by atoms with van der Waals surface area (Å²) in [6, 6.07) is 71.2. The van der Waals surface area contributed by atoms with Crippen LogP contribution in [0.2, 0.25) is 0 Å². The fraction of sp³-hybridized carbons (Fsp3) is 0.107. The maximum atomic E-state index is 3.87. The number of nitrogens with zero attached hydrogens (tertiary/aromatic N) is 1. The zero-order valence-electron chi connectivity index (χ0n) is 33.7. The highest BCUT2D eigenvalue weighted by molar-refractivity contribution is 6.21. The molecule has 1 saturated heterocycles. The molecule has 12 rings (SSSR count). The van der Waals surface area contributed by atoms with Crippen LogP contribution in [0.1, 0.15) is 60.2 Å². The highest BCUT2D eigenvalue weighted by atomic mass is 15.4. The van der Waals surface area contributed by atoms with Crippen LogP contribution in [0.4, 0.5) is 0 Å². The first-order valence-corrected chi connectivity index (χ1v) is 21.1. The molecule has 0 amide bonds. The molecule has 4 nitrogen and oxygen atoms in total. The SMILES string of the molecule is CC1(C)c2c(c3ccccc3c3ccccc23)-c2ccc3c4ccccc4n(-c4cccc(-c5cccc(C6NC(c7ccccc7)NC(c7ccccc7)N6)c5)c4)c3c21. The summed E-state index contributed by atoms with van der Waals surface area (Å²) in [6.45, 7) is 4.88. The number of aromatic nitrogens is 1. The van der Waals surface area contributed by atoms with Crippen LogP contribution in [0, 0.1) is 0 Å². The maximum absolute atomic E-state index is 3.87. The van der Waals surface area contributed by atoms with Crippen LogP contribution in [0.15, 0.2) is 194 Å². The van der Waals surface area contributed by atoms with Gasteiger partial charge < -0.3 is 4.57 Å². The van der Waals surface area contributed by atoms with Crippen molar-refractivity contribution in [2.75, 3.05) is 0 Å². The van der Waals surface area contributed by atoms with Gasteiger partial charge in [0, 0.05) is 21.9 Å². The molecule has 10 aromatic rings. The average molecular weight is 773 g/mol. The van der Waals surface area contributed by atoms with E-state index in [2.05, 4.69) is 228 Å². The van der Waals surface area contributed by atoms with Crippen molar-refractivity contribution in [1.82, 2.24) is 20.5 Å². The molecule has 1 aliphatic carbocycles. The van der Waals surface area contributed by atoms with E-state index in [-0.39, 0.29) is 23.9 Å². The number of nitrogens with one attached hydrogen (secondary N) is 3. The summed E-state index contributed by atoms with van der Waals surface area (Å²) in [5, 5.41) is 19.4. The molecule has 2 atom stereocenters. The monoisotopic (exact) mass is 772 g/mol. The second-order valence-electron chi connectivity index (χ2n) is 17.0. The lowest BCUT2D eigenvalue weighted by atomic mass is 9.78. The molecule has 1 aromatic heterocycles. The number of hydrogen-bond acceptors (Lipinski definition) is 3. The molecular formula is C56H44N4. The molecule has 0 saturated carbocycles. The molecule has 288 valence electrons. The number of hydrogen-bond donors (Lipinski definition) is 3. The molecule has 2 aliphatic rings. The predicted octanol–water partition coefficient (Wildman–Crippen LogP) is 13.2. The lowest BCUT2D eigenvalue weighted by Crippen LogP contribution is -2.54. The molecule has 2 heterocycles. The van der Waals surface area contributed by atoms with E-state index in [9.17, 15) is 0 Å². The van der Waals surface area contributed by atoms with Crippen LogP contribution in [0.25, 0.3) is 71.3 Å². The number of para-hydroxylation sites is 1. The quantitative estimate of drug-likeness (QED) is 0.153. The van der Waals surface area contributed by atoms with E-state index in [1.54, 1.807) is 0 Å². The summed E-state index contributed by atoms with van der Waals surface area (Å²) in [6.07, 6.45) is -0.142. The Morgan fingerprint density at radius 3 is 1.60 bits per heavy atom. The lowest BCUT2D eigenvalue weighted by Gasteiger charge is -2.39. The van der Waals surface area contributed by atoms with Crippen molar-refractivity contribution < 1.29 is 0 Å². The van der Waals surface area contributed by atoms with E-state index in [1.165, 1.54) is 93.4 Å². The Hall–Kier alpha value is -6.82. The predicted molar refractivity (Wildman–Crippen MR) is 249 cm³/mol. The topological polar surface area (TPSA) is 41.0 Å². The minimum Gasteiger partial charge on any atom is -0.309 e. The minimum atomic E-state index is -0.254. The molecule has 1 fully saturated rings. The Bertz CT molecular complexity index is 3240. The van der Waals surface area contributed by atoms with Crippen molar-refractivity contribution in [1.29, 1.82) is 0 Å². The molecular weight excluding hydrogens is 729 g/mol. The van der Waals surface area contributed by atoms with Gasteiger partial charge in [-0.2, -0.15) is 0 Å². The summed E-state index contributed by atoms with van der Waals surface area (Å²) in [5.41, 5.74) is 14.9. The van der Waals surface area contributed by atoms with E-state index in [1.807, 2.05) is 0 Å². The first-order chi connectivity index (χ1) is 29.5. The summed E-state index contributed by atoms with van der Waals surface area (Å²) >= 11 is 0. The van der Waals surface area contributed by atoms with Gasteiger partial charge in [0.25, 0.3) is 0 Å². The fourth-order valence-electron chi connectivity index (χ4n) is 10.6. The van der Waals surface area contributed by atoms with Gasteiger partial charge in [-0.1, -0.05) is 184 Å². The van der Waals surface area contributed by atoms with E-state index >= 15 is 0 Å². The van der Waals surface area contributed by atoms with Gasteiger partial charge in [0.1, 0.15) is 0 Å². The summed E-state index contributed by atoms with van der Waals surface area (Å²) in [4.78, 5) is 0.